The summed E-state index contributed by atoms with van der Waals surface area (Å²) >= 11 is 0. The molecule has 7 nitrogen and oxygen atoms in total. The van der Waals surface area contributed by atoms with Crippen LogP contribution in [0.1, 0.15) is 13.8 Å². The third-order valence-electron chi connectivity index (χ3n) is 3.79. The highest BCUT2D eigenvalue weighted by Gasteiger charge is 2.53. The highest BCUT2D eigenvalue weighted by atomic mass is 32.2. The summed E-state index contributed by atoms with van der Waals surface area (Å²) < 4.78 is 66.5. The van der Waals surface area contributed by atoms with Crippen molar-refractivity contribution in [3.63, 3.8) is 0 Å². The molecule has 11 heteroatoms. The minimum absolute atomic E-state index is 0.186. The molecular weight excluding hydrogens is 363 g/mol. The minimum Gasteiger partial charge on any atom is -0.481 e. The van der Waals surface area contributed by atoms with Crippen LogP contribution in [0.3, 0.4) is 0 Å². The largest absolute Gasteiger partial charge is 0.481 e. The Kier molecular flexibility index (Phi) is 5.28. The molecule has 2 heterocycles. The fraction of sp³-hybridized carbons (Fsp3) is 0.571. The van der Waals surface area contributed by atoms with Gasteiger partial charge >= 0.3 is 12.1 Å². The molecule has 0 aliphatic carbocycles. The standard InChI is InChI=1S/C14H18F3N3O4S/c1-8(2)19-25(23,24)11-4-3-5-18-12(11)20-6-9(13(21)22)10(7-20)14(15,16)17/h3-5,8-10,19H,6-7H2,1-2H3,(H,21,22)/t9-,10-/m1/s1. The zero-order chi connectivity index (χ0) is 19.0. The van der Waals surface area contributed by atoms with Crippen molar-refractivity contribution in [3.05, 3.63) is 18.3 Å². The minimum atomic E-state index is -4.71. The lowest BCUT2D eigenvalue weighted by Crippen LogP contribution is -2.34. The van der Waals surface area contributed by atoms with E-state index in [0.29, 0.717) is 0 Å². The van der Waals surface area contributed by atoms with Gasteiger partial charge in [0.1, 0.15) is 10.7 Å². The summed E-state index contributed by atoms with van der Waals surface area (Å²) in [5.41, 5.74) is 0. The summed E-state index contributed by atoms with van der Waals surface area (Å²) in [5.74, 6) is -5.55. The lowest BCUT2D eigenvalue weighted by Gasteiger charge is -2.21. The molecule has 1 aliphatic heterocycles. The average molecular weight is 381 g/mol. The molecule has 1 fully saturated rings. The third kappa shape index (κ3) is 4.21. The number of hydrogen-bond acceptors (Lipinski definition) is 5. The van der Waals surface area contributed by atoms with E-state index in [-0.39, 0.29) is 10.7 Å². The number of anilines is 1. The summed E-state index contributed by atoms with van der Waals surface area (Å²) in [4.78, 5) is 15.9. The Labute approximate surface area is 142 Å². The van der Waals surface area contributed by atoms with Gasteiger partial charge in [0.15, 0.2) is 0 Å². The van der Waals surface area contributed by atoms with Crippen molar-refractivity contribution in [1.29, 1.82) is 0 Å². The van der Waals surface area contributed by atoms with Crippen LogP contribution in [-0.2, 0) is 14.8 Å². The van der Waals surface area contributed by atoms with Crippen molar-refractivity contribution in [2.24, 2.45) is 11.8 Å². The first kappa shape index (κ1) is 19.4. The molecule has 0 unspecified atom stereocenters. The predicted molar refractivity (Wildman–Crippen MR) is 82.6 cm³/mol. The molecule has 2 atom stereocenters. The Hall–Kier alpha value is -1.88. The molecule has 25 heavy (non-hydrogen) atoms. The smallest absolute Gasteiger partial charge is 0.394 e. The van der Waals surface area contributed by atoms with Crippen molar-refractivity contribution in [2.45, 2.75) is 31.0 Å². The molecule has 0 radical (unpaired) electrons. The van der Waals surface area contributed by atoms with E-state index in [9.17, 15) is 26.4 Å². The van der Waals surface area contributed by atoms with Gasteiger partial charge in [0.2, 0.25) is 10.0 Å². The lowest BCUT2D eigenvalue weighted by atomic mass is 9.96. The molecule has 0 amide bonds. The van der Waals surface area contributed by atoms with Crippen LogP contribution in [0.5, 0.6) is 0 Å². The Morgan fingerprint density at radius 3 is 2.52 bits per heavy atom. The maximum Gasteiger partial charge on any atom is 0.394 e. The number of aromatic nitrogens is 1. The van der Waals surface area contributed by atoms with Gasteiger partial charge in [-0.3, -0.25) is 4.79 Å². The number of hydrogen-bond donors (Lipinski definition) is 2. The van der Waals surface area contributed by atoms with Crippen molar-refractivity contribution in [2.75, 3.05) is 18.0 Å². The van der Waals surface area contributed by atoms with Crippen molar-refractivity contribution >= 4 is 21.8 Å². The lowest BCUT2D eigenvalue weighted by molar-refractivity contribution is -0.187. The molecule has 0 aromatic carbocycles. The maximum absolute atomic E-state index is 13.1. The van der Waals surface area contributed by atoms with Crippen molar-refractivity contribution in [1.82, 2.24) is 9.71 Å². The zero-order valence-corrected chi connectivity index (χ0v) is 14.3. The molecular formula is C14H18F3N3O4S. The molecule has 140 valence electrons. The first-order valence-electron chi connectivity index (χ1n) is 7.45. The van der Waals surface area contributed by atoms with Gasteiger partial charge in [-0.1, -0.05) is 0 Å². The number of carbonyl (C=O) groups is 1. The number of carboxylic acid groups (broad SMARTS) is 1. The van der Waals surface area contributed by atoms with Crippen LogP contribution in [0.25, 0.3) is 0 Å². The highest BCUT2D eigenvalue weighted by Crippen LogP contribution is 2.40. The van der Waals surface area contributed by atoms with Crippen LogP contribution in [-0.4, -0.2) is 49.8 Å². The fourth-order valence-electron chi connectivity index (χ4n) is 2.76. The maximum atomic E-state index is 13.1. The number of sulfonamides is 1. The topological polar surface area (TPSA) is 99.6 Å². The summed E-state index contributed by atoms with van der Waals surface area (Å²) in [6, 6.07) is 2.15. The van der Waals surface area contributed by atoms with Gasteiger partial charge in [-0.05, 0) is 26.0 Å². The van der Waals surface area contributed by atoms with Gasteiger partial charge in [-0.2, -0.15) is 13.2 Å². The van der Waals surface area contributed by atoms with Gasteiger partial charge in [0.25, 0.3) is 0 Å². The Morgan fingerprint density at radius 2 is 2.04 bits per heavy atom. The van der Waals surface area contributed by atoms with Crippen molar-refractivity contribution in [3.8, 4) is 0 Å². The third-order valence-corrected chi connectivity index (χ3v) is 5.47. The highest BCUT2D eigenvalue weighted by molar-refractivity contribution is 7.89. The normalized spacial score (nSPS) is 21.8. The van der Waals surface area contributed by atoms with E-state index in [0.717, 1.165) is 4.90 Å². The number of pyridine rings is 1. The number of nitrogens with one attached hydrogen (secondary N) is 1. The SMILES string of the molecule is CC(C)NS(=O)(=O)c1cccnc1N1C[C@@H](C(F)(F)F)[C@H](C(=O)O)C1. The summed E-state index contributed by atoms with van der Waals surface area (Å²) in [5, 5.41) is 9.08. The van der Waals surface area contributed by atoms with E-state index in [1.807, 2.05) is 0 Å². The monoisotopic (exact) mass is 381 g/mol. The van der Waals surface area contributed by atoms with E-state index in [1.54, 1.807) is 13.8 Å². The van der Waals surface area contributed by atoms with Crippen LogP contribution < -0.4 is 9.62 Å². The van der Waals surface area contributed by atoms with Gasteiger partial charge in [-0.15, -0.1) is 0 Å². The summed E-state index contributed by atoms with van der Waals surface area (Å²) in [7, 11) is -4.00. The Bertz CT molecular complexity index is 752. The molecule has 1 aromatic heterocycles. The molecule has 0 bridgehead atoms. The second-order valence-electron chi connectivity index (χ2n) is 6.10. The van der Waals surface area contributed by atoms with E-state index in [4.69, 9.17) is 5.11 Å². The first-order chi connectivity index (χ1) is 11.4. The van der Waals surface area contributed by atoms with Crippen LogP contribution in [0.2, 0.25) is 0 Å². The molecule has 2 rings (SSSR count). The van der Waals surface area contributed by atoms with E-state index >= 15 is 0 Å². The van der Waals surface area contributed by atoms with E-state index in [1.165, 1.54) is 18.3 Å². The molecule has 0 spiro atoms. The molecule has 1 saturated heterocycles. The van der Waals surface area contributed by atoms with Crippen molar-refractivity contribution < 1.29 is 31.5 Å². The number of rotatable bonds is 5. The second kappa shape index (κ2) is 6.79. The Morgan fingerprint density at radius 1 is 1.40 bits per heavy atom. The number of nitrogens with zero attached hydrogens (tertiary/aromatic N) is 2. The first-order valence-corrected chi connectivity index (χ1v) is 8.93. The Balaban J connectivity index is 2.42. The molecule has 1 aliphatic rings. The van der Waals surface area contributed by atoms with E-state index < -0.39 is 53.1 Å². The van der Waals surface area contributed by atoms with E-state index in [2.05, 4.69) is 9.71 Å². The predicted octanol–water partition coefficient (Wildman–Crippen LogP) is 1.47. The second-order valence-corrected chi connectivity index (χ2v) is 7.78. The summed E-state index contributed by atoms with van der Waals surface area (Å²) in [6.45, 7) is 2.07. The molecule has 1 aromatic rings. The van der Waals surface area contributed by atoms with Crippen LogP contribution >= 0.6 is 0 Å². The van der Waals surface area contributed by atoms with Crippen LogP contribution in [0.4, 0.5) is 19.0 Å². The van der Waals surface area contributed by atoms with Gasteiger partial charge in [0, 0.05) is 25.3 Å². The number of alkyl halides is 3. The quantitative estimate of drug-likeness (QED) is 0.801. The number of halogens is 3. The fourth-order valence-corrected chi connectivity index (χ4v) is 4.19. The van der Waals surface area contributed by atoms with Crippen LogP contribution in [0, 0.1) is 11.8 Å². The van der Waals surface area contributed by atoms with Gasteiger partial charge < -0.3 is 10.0 Å². The molecule has 2 N–H and O–H groups in total. The van der Waals surface area contributed by atoms with Gasteiger partial charge in [0.05, 0.1) is 11.8 Å². The number of carboxylic acids is 1. The molecule has 0 saturated carbocycles. The van der Waals surface area contributed by atoms with Crippen LogP contribution in [0.15, 0.2) is 23.2 Å². The zero-order valence-electron chi connectivity index (χ0n) is 13.5. The number of aliphatic carboxylic acids is 1. The average Bonchev–Trinajstić information content (AvgIpc) is 2.91. The summed E-state index contributed by atoms with van der Waals surface area (Å²) in [6.07, 6.45) is -3.46. The van der Waals surface area contributed by atoms with Gasteiger partial charge in [-0.25, -0.2) is 18.1 Å².